The van der Waals surface area contributed by atoms with Gasteiger partial charge in [0.1, 0.15) is 5.60 Å². The summed E-state index contributed by atoms with van der Waals surface area (Å²) < 4.78 is 5.15. The summed E-state index contributed by atoms with van der Waals surface area (Å²) in [5.74, 6) is 0. The zero-order chi connectivity index (χ0) is 16.0. The zero-order valence-electron chi connectivity index (χ0n) is 12.3. The van der Waals surface area contributed by atoms with Crippen LogP contribution < -0.4 is 10.6 Å². The smallest absolute Gasteiger partial charge is 0.412 e. The number of hydrogen-bond acceptors (Lipinski definition) is 5. The third-order valence-electron chi connectivity index (χ3n) is 2.35. The minimum Gasteiger partial charge on any atom is -0.444 e. The van der Waals surface area contributed by atoms with E-state index in [9.17, 15) is 9.90 Å². The van der Waals surface area contributed by atoms with E-state index >= 15 is 0 Å². The predicted octanol–water partition coefficient (Wildman–Crippen LogP) is 2.45. The fourth-order valence-electron chi connectivity index (χ4n) is 1.45. The normalized spacial score (nSPS) is 12.7. The van der Waals surface area contributed by atoms with Gasteiger partial charge in [-0.25, -0.2) is 4.79 Å². The first-order valence-corrected chi connectivity index (χ1v) is 6.91. The van der Waals surface area contributed by atoms with Crippen molar-refractivity contribution in [2.45, 2.75) is 32.5 Å². The van der Waals surface area contributed by atoms with Gasteiger partial charge in [-0.2, -0.15) is 0 Å². The van der Waals surface area contributed by atoms with Gasteiger partial charge in [0.25, 0.3) is 0 Å². The minimum absolute atomic E-state index is 0.145. The van der Waals surface area contributed by atoms with E-state index < -0.39 is 17.8 Å². The van der Waals surface area contributed by atoms with Crippen molar-refractivity contribution >= 4 is 29.1 Å². The second-order valence-electron chi connectivity index (χ2n) is 5.54. The lowest BCUT2D eigenvalue weighted by Crippen LogP contribution is -2.27. The Bertz CT molecular complexity index is 488. The van der Waals surface area contributed by atoms with Gasteiger partial charge in [0.2, 0.25) is 0 Å². The number of ether oxygens (including phenoxy) is 1. The summed E-state index contributed by atoms with van der Waals surface area (Å²) in [5, 5.41) is 24.0. The van der Waals surface area contributed by atoms with Crippen LogP contribution in [0.15, 0.2) is 18.2 Å². The molecule has 6 nitrogen and oxygen atoms in total. The predicted molar refractivity (Wildman–Crippen MR) is 82.9 cm³/mol. The Kier molecular flexibility index (Phi) is 6.26. The maximum Gasteiger partial charge on any atom is 0.412 e. The second-order valence-corrected chi connectivity index (χ2v) is 5.95. The van der Waals surface area contributed by atoms with Crippen LogP contribution in [0.3, 0.4) is 0 Å². The second kappa shape index (κ2) is 7.49. The molecule has 1 amide bonds. The summed E-state index contributed by atoms with van der Waals surface area (Å²) in [6.07, 6.45) is -1.45. The molecule has 0 aliphatic carbocycles. The molecule has 7 heteroatoms. The molecule has 1 aromatic rings. The number of hydrogen-bond donors (Lipinski definition) is 4. The van der Waals surface area contributed by atoms with Crippen molar-refractivity contribution in [3.05, 3.63) is 23.2 Å². The maximum absolute atomic E-state index is 11.7. The molecule has 0 spiro atoms. The Morgan fingerprint density at radius 1 is 1.43 bits per heavy atom. The molecule has 1 atom stereocenters. The molecular formula is C14H21ClN2O4. The summed E-state index contributed by atoms with van der Waals surface area (Å²) in [5.41, 5.74) is 0.468. The molecule has 0 saturated heterocycles. The van der Waals surface area contributed by atoms with Crippen LogP contribution in [0.25, 0.3) is 0 Å². The number of benzene rings is 1. The van der Waals surface area contributed by atoms with E-state index in [2.05, 4.69) is 10.6 Å². The molecule has 1 unspecified atom stereocenters. The Balaban J connectivity index is 2.70. The first-order chi connectivity index (χ1) is 9.71. The van der Waals surface area contributed by atoms with Crippen LogP contribution in [0.4, 0.5) is 16.2 Å². The topological polar surface area (TPSA) is 90.8 Å². The number of aliphatic hydroxyl groups excluding tert-OH is 2. The van der Waals surface area contributed by atoms with Gasteiger partial charge in [0, 0.05) is 12.2 Å². The van der Waals surface area contributed by atoms with E-state index in [-0.39, 0.29) is 13.2 Å². The summed E-state index contributed by atoms with van der Waals surface area (Å²) in [6.45, 7) is 5.12. The van der Waals surface area contributed by atoms with Crippen molar-refractivity contribution in [3.8, 4) is 0 Å². The van der Waals surface area contributed by atoms with E-state index in [1.54, 1.807) is 39.0 Å². The molecule has 4 N–H and O–H groups in total. The standard InChI is InChI=1S/C14H21ClN2O4/c1-14(2,3)21-13(20)17-9-4-5-11(15)12(6-9)16-7-10(19)8-18/h4-6,10,16,18-19H,7-8H2,1-3H3,(H,17,20). The summed E-state index contributed by atoms with van der Waals surface area (Å²) >= 11 is 6.02. The van der Waals surface area contributed by atoms with Gasteiger partial charge in [-0.3, -0.25) is 5.32 Å². The van der Waals surface area contributed by atoms with Gasteiger partial charge < -0.3 is 20.3 Å². The Labute approximate surface area is 129 Å². The number of aliphatic hydroxyl groups is 2. The van der Waals surface area contributed by atoms with Crippen LogP contribution in [0, 0.1) is 0 Å². The van der Waals surface area contributed by atoms with E-state index in [4.69, 9.17) is 21.4 Å². The molecule has 0 heterocycles. The van der Waals surface area contributed by atoms with Crippen molar-refractivity contribution in [2.24, 2.45) is 0 Å². The molecule has 0 radical (unpaired) electrons. The van der Waals surface area contributed by atoms with Gasteiger partial charge >= 0.3 is 6.09 Å². The van der Waals surface area contributed by atoms with Crippen molar-refractivity contribution in [3.63, 3.8) is 0 Å². The number of amides is 1. The molecule has 0 bridgehead atoms. The highest BCUT2D eigenvalue weighted by Crippen LogP contribution is 2.25. The molecule has 0 saturated carbocycles. The largest absolute Gasteiger partial charge is 0.444 e. The Hall–Kier alpha value is -1.50. The number of nitrogens with one attached hydrogen (secondary N) is 2. The van der Waals surface area contributed by atoms with Gasteiger partial charge in [0.15, 0.2) is 0 Å². The molecule has 1 rings (SSSR count). The summed E-state index contributed by atoms with van der Waals surface area (Å²) in [7, 11) is 0. The van der Waals surface area contributed by atoms with Gasteiger partial charge in [-0.1, -0.05) is 11.6 Å². The monoisotopic (exact) mass is 316 g/mol. The van der Waals surface area contributed by atoms with Crippen molar-refractivity contribution < 1.29 is 19.7 Å². The lowest BCUT2D eigenvalue weighted by atomic mass is 10.2. The van der Waals surface area contributed by atoms with Crippen molar-refractivity contribution in [2.75, 3.05) is 23.8 Å². The van der Waals surface area contributed by atoms with Crippen LogP contribution in [-0.2, 0) is 4.74 Å². The Morgan fingerprint density at radius 2 is 2.10 bits per heavy atom. The zero-order valence-corrected chi connectivity index (χ0v) is 13.1. The fraction of sp³-hybridized carbons (Fsp3) is 0.500. The lowest BCUT2D eigenvalue weighted by molar-refractivity contribution is 0.0636. The van der Waals surface area contributed by atoms with E-state index in [0.29, 0.717) is 16.4 Å². The summed E-state index contributed by atoms with van der Waals surface area (Å²) in [6, 6.07) is 4.87. The SMILES string of the molecule is CC(C)(C)OC(=O)Nc1ccc(Cl)c(NCC(O)CO)c1. The first-order valence-electron chi connectivity index (χ1n) is 6.53. The molecule has 0 aliphatic heterocycles. The van der Waals surface area contributed by atoms with Gasteiger partial charge in [-0.15, -0.1) is 0 Å². The minimum atomic E-state index is -0.886. The number of rotatable bonds is 5. The highest BCUT2D eigenvalue weighted by atomic mass is 35.5. The van der Waals surface area contributed by atoms with Gasteiger partial charge in [-0.05, 0) is 39.0 Å². The average Bonchev–Trinajstić information content (AvgIpc) is 2.36. The van der Waals surface area contributed by atoms with Crippen LogP contribution in [-0.4, -0.2) is 41.2 Å². The molecule has 21 heavy (non-hydrogen) atoms. The number of carbonyl (C=O) groups is 1. The van der Waals surface area contributed by atoms with Crippen molar-refractivity contribution in [1.29, 1.82) is 0 Å². The van der Waals surface area contributed by atoms with Crippen LogP contribution in [0.2, 0.25) is 5.02 Å². The highest BCUT2D eigenvalue weighted by molar-refractivity contribution is 6.33. The van der Waals surface area contributed by atoms with Gasteiger partial charge in [0.05, 0.1) is 23.4 Å². The summed E-state index contributed by atoms with van der Waals surface area (Å²) in [4.78, 5) is 11.7. The molecule has 0 fully saturated rings. The third-order valence-corrected chi connectivity index (χ3v) is 2.68. The quantitative estimate of drug-likeness (QED) is 0.670. The molecule has 0 aliphatic rings. The maximum atomic E-state index is 11.7. The van der Waals surface area contributed by atoms with E-state index in [1.165, 1.54) is 0 Å². The number of halogens is 1. The lowest BCUT2D eigenvalue weighted by Gasteiger charge is -2.20. The van der Waals surface area contributed by atoms with E-state index in [1.807, 2.05) is 0 Å². The van der Waals surface area contributed by atoms with E-state index in [0.717, 1.165) is 0 Å². The van der Waals surface area contributed by atoms with Crippen LogP contribution >= 0.6 is 11.6 Å². The molecule has 1 aromatic carbocycles. The first kappa shape index (κ1) is 17.6. The fourth-order valence-corrected chi connectivity index (χ4v) is 1.64. The Morgan fingerprint density at radius 3 is 2.67 bits per heavy atom. The molecule has 0 aromatic heterocycles. The molecule has 118 valence electrons. The third kappa shape index (κ3) is 6.66. The molecular weight excluding hydrogens is 296 g/mol. The number of carbonyl (C=O) groups excluding carboxylic acids is 1. The van der Waals surface area contributed by atoms with Crippen LogP contribution in [0.1, 0.15) is 20.8 Å². The average molecular weight is 317 g/mol. The number of anilines is 2. The highest BCUT2D eigenvalue weighted by Gasteiger charge is 2.16. The van der Waals surface area contributed by atoms with Crippen molar-refractivity contribution in [1.82, 2.24) is 0 Å². The van der Waals surface area contributed by atoms with Crippen LogP contribution in [0.5, 0.6) is 0 Å².